The Kier molecular flexibility index (Phi) is 29.4. The van der Waals surface area contributed by atoms with Crippen LogP contribution in [0.2, 0.25) is 0 Å². The molecule has 0 aliphatic rings. The topological polar surface area (TPSA) is 40.5 Å². The molecular formula is C6H16O2Y. The van der Waals surface area contributed by atoms with Gasteiger partial charge in [0, 0.05) is 46.4 Å². The Labute approximate surface area is 82.5 Å². The Morgan fingerprint density at radius 3 is 1.56 bits per heavy atom. The summed E-state index contributed by atoms with van der Waals surface area (Å²) in [5.41, 5.74) is 0. The number of aliphatic hydroxyl groups is 2. The smallest absolute Gasteiger partial charge is 0.0433 e. The molecule has 0 aromatic rings. The summed E-state index contributed by atoms with van der Waals surface area (Å²) in [5, 5.41) is 15.2. The van der Waals surface area contributed by atoms with Gasteiger partial charge in [-0.05, 0) is 12.3 Å². The first-order chi connectivity index (χ1) is 3.77. The van der Waals surface area contributed by atoms with Crippen LogP contribution in [-0.4, -0.2) is 23.9 Å². The third-order valence-corrected chi connectivity index (χ3v) is 0.706. The van der Waals surface area contributed by atoms with E-state index in [1.54, 1.807) is 0 Å². The van der Waals surface area contributed by atoms with E-state index >= 15 is 0 Å². The van der Waals surface area contributed by atoms with Crippen LogP contribution in [0.1, 0.15) is 20.3 Å². The van der Waals surface area contributed by atoms with E-state index in [-0.39, 0.29) is 32.7 Å². The summed E-state index contributed by atoms with van der Waals surface area (Å²) < 4.78 is 0. The first-order valence-corrected chi connectivity index (χ1v) is 2.83. The second-order valence-electron chi connectivity index (χ2n) is 1.91. The van der Waals surface area contributed by atoms with Crippen LogP contribution < -0.4 is 0 Å². The van der Waals surface area contributed by atoms with Crippen molar-refractivity contribution in [1.29, 1.82) is 0 Å². The van der Waals surface area contributed by atoms with E-state index in [1.807, 2.05) is 0 Å². The maximum absolute atomic E-state index is 8.24. The summed E-state index contributed by atoms with van der Waals surface area (Å²) in [6.07, 6.45) is 0.931. The molecule has 0 heterocycles. The van der Waals surface area contributed by atoms with Gasteiger partial charge in [-0.3, -0.25) is 0 Å². The molecule has 0 aromatic carbocycles. The van der Waals surface area contributed by atoms with Crippen LogP contribution in [0.15, 0.2) is 0 Å². The third kappa shape index (κ3) is 27.5. The van der Waals surface area contributed by atoms with Gasteiger partial charge < -0.3 is 10.2 Å². The predicted molar refractivity (Wildman–Crippen MR) is 34.7 cm³/mol. The van der Waals surface area contributed by atoms with Gasteiger partial charge in [0.25, 0.3) is 0 Å². The number of aliphatic hydroxyl groups excluding tert-OH is 2. The zero-order valence-corrected chi connectivity index (χ0v) is 9.30. The van der Waals surface area contributed by atoms with Gasteiger partial charge in [-0.1, -0.05) is 13.8 Å². The van der Waals surface area contributed by atoms with Gasteiger partial charge in [0.15, 0.2) is 0 Å². The maximum atomic E-state index is 8.24. The molecule has 0 amide bonds. The molecule has 0 aliphatic carbocycles. The fourth-order valence-corrected chi connectivity index (χ4v) is 0.258. The summed E-state index contributed by atoms with van der Waals surface area (Å²) in [5.74, 6) is 0.648. The van der Waals surface area contributed by atoms with Crippen molar-refractivity contribution in [2.45, 2.75) is 20.3 Å². The van der Waals surface area contributed by atoms with E-state index < -0.39 is 0 Å². The molecule has 0 atom stereocenters. The molecule has 0 fully saturated rings. The molecule has 55 valence electrons. The summed E-state index contributed by atoms with van der Waals surface area (Å²) in [4.78, 5) is 0. The van der Waals surface area contributed by atoms with Gasteiger partial charge in [-0.2, -0.15) is 0 Å². The zero-order chi connectivity index (χ0) is 6.99. The molecule has 2 nitrogen and oxygen atoms in total. The number of rotatable bonds is 2. The van der Waals surface area contributed by atoms with Gasteiger partial charge >= 0.3 is 0 Å². The summed E-state index contributed by atoms with van der Waals surface area (Å²) in [6, 6.07) is 0. The number of hydrogen-bond acceptors (Lipinski definition) is 2. The van der Waals surface area contributed by atoms with Crippen molar-refractivity contribution in [3.05, 3.63) is 0 Å². The normalized spacial score (nSPS) is 7.33. The molecule has 0 aromatic heterocycles. The fraction of sp³-hybridized carbons (Fsp3) is 1.00. The van der Waals surface area contributed by atoms with Crippen molar-refractivity contribution < 1.29 is 42.9 Å². The van der Waals surface area contributed by atoms with E-state index in [1.165, 1.54) is 0 Å². The van der Waals surface area contributed by atoms with E-state index in [0.717, 1.165) is 13.5 Å². The minimum atomic E-state index is 0. The van der Waals surface area contributed by atoms with Crippen molar-refractivity contribution in [3.63, 3.8) is 0 Å². The van der Waals surface area contributed by atoms with Crippen LogP contribution in [0, 0.1) is 5.92 Å². The van der Waals surface area contributed by atoms with Crippen LogP contribution in [0.5, 0.6) is 0 Å². The van der Waals surface area contributed by atoms with E-state index in [2.05, 4.69) is 13.8 Å². The molecule has 0 spiro atoms. The fourth-order valence-electron chi connectivity index (χ4n) is 0.258. The van der Waals surface area contributed by atoms with Gasteiger partial charge in [-0.15, -0.1) is 0 Å². The Bertz CT molecular complexity index is 32.2. The molecule has 3 heteroatoms. The van der Waals surface area contributed by atoms with Crippen molar-refractivity contribution in [2.75, 3.05) is 13.7 Å². The molecular weight excluding hydrogens is 193 g/mol. The molecule has 0 unspecified atom stereocenters. The summed E-state index contributed by atoms with van der Waals surface area (Å²) in [6.45, 7) is 4.52. The minimum absolute atomic E-state index is 0. The largest absolute Gasteiger partial charge is 0.400 e. The van der Waals surface area contributed by atoms with Gasteiger partial charge in [0.1, 0.15) is 0 Å². The van der Waals surface area contributed by atoms with Crippen LogP contribution in [-0.2, 0) is 32.7 Å². The standard InChI is InChI=1S/C5H12O.CH4O.Y/c1-5(2)3-4-6;1-2;/h5-6H,3-4H2,1-2H3;2H,1H3;. The van der Waals surface area contributed by atoms with Gasteiger partial charge in [0.05, 0.1) is 0 Å². The van der Waals surface area contributed by atoms with E-state index in [4.69, 9.17) is 10.2 Å². The molecule has 0 rings (SSSR count). The van der Waals surface area contributed by atoms with Gasteiger partial charge in [0.2, 0.25) is 0 Å². The Morgan fingerprint density at radius 1 is 1.22 bits per heavy atom. The second-order valence-corrected chi connectivity index (χ2v) is 1.91. The molecule has 0 aliphatic heterocycles. The molecule has 0 bridgehead atoms. The monoisotopic (exact) mass is 209 g/mol. The van der Waals surface area contributed by atoms with Crippen molar-refractivity contribution in [3.8, 4) is 0 Å². The average molecular weight is 209 g/mol. The first-order valence-electron chi connectivity index (χ1n) is 2.83. The molecule has 2 N–H and O–H groups in total. The SMILES string of the molecule is CC(C)CCO.CO.[Y]. The average Bonchev–Trinajstić information content (AvgIpc) is 1.72. The maximum Gasteiger partial charge on any atom is 0.0433 e. The van der Waals surface area contributed by atoms with Crippen molar-refractivity contribution in [1.82, 2.24) is 0 Å². The van der Waals surface area contributed by atoms with Crippen LogP contribution in [0.4, 0.5) is 0 Å². The molecule has 1 radical (unpaired) electrons. The Morgan fingerprint density at radius 2 is 1.56 bits per heavy atom. The van der Waals surface area contributed by atoms with E-state index in [0.29, 0.717) is 12.5 Å². The summed E-state index contributed by atoms with van der Waals surface area (Å²) >= 11 is 0. The van der Waals surface area contributed by atoms with E-state index in [9.17, 15) is 0 Å². The molecule has 9 heavy (non-hydrogen) atoms. The first kappa shape index (κ1) is 16.5. The second kappa shape index (κ2) is 16.0. The Hall–Kier alpha value is 1.02. The summed E-state index contributed by atoms with van der Waals surface area (Å²) in [7, 11) is 1.00. The van der Waals surface area contributed by atoms with Crippen molar-refractivity contribution >= 4 is 0 Å². The van der Waals surface area contributed by atoms with Crippen LogP contribution in [0.3, 0.4) is 0 Å². The minimum Gasteiger partial charge on any atom is -0.400 e. The molecule has 0 saturated heterocycles. The van der Waals surface area contributed by atoms with Gasteiger partial charge in [-0.25, -0.2) is 0 Å². The van der Waals surface area contributed by atoms with Crippen LogP contribution in [0.25, 0.3) is 0 Å². The zero-order valence-electron chi connectivity index (χ0n) is 6.46. The third-order valence-electron chi connectivity index (χ3n) is 0.706. The number of hydrogen-bond donors (Lipinski definition) is 2. The molecule has 0 saturated carbocycles. The van der Waals surface area contributed by atoms with Crippen LogP contribution >= 0.6 is 0 Å². The predicted octanol–water partition coefficient (Wildman–Crippen LogP) is 0.631. The van der Waals surface area contributed by atoms with Crippen molar-refractivity contribution in [2.24, 2.45) is 5.92 Å². The quantitative estimate of drug-likeness (QED) is 0.700. The Balaban J connectivity index is -0.000000109.